The maximum atomic E-state index is 12.7. The minimum absolute atomic E-state index is 0.173. The van der Waals surface area contributed by atoms with E-state index in [1.165, 1.54) is 4.90 Å². The zero-order valence-electron chi connectivity index (χ0n) is 26.7. The van der Waals surface area contributed by atoms with Gasteiger partial charge < -0.3 is 23.3 Å². The van der Waals surface area contributed by atoms with Crippen molar-refractivity contribution in [3.63, 3.8) is 0 Å². The lowest BCUT2D eigenvalue weighted by Crippen LogP contribution is -2.39. The van der Waals surface area contributed by atoms with Crippen LogP contribution in [0.25, 0.3) is 11.3 Å². The van der Waals surface area contributed by atoms with Crippen LogP contribution in [-0.2, 0) is 27.3 Å². The third kappa shape index (κ3) is 9.54. The van der Waals surface area contributed by atoms with Crippen molar-refractivity contribution in [1.29, 1.82) is 0 Å². The second-order valence-electron chi connectivity index (χ2n) is 11.9. The van der Waals surface area contributed by atoms with E-state index in [2.05, 4.69) is 44.1 Å². The molecule has 1 saturated heterocycles. The summed E-state index contributed by atoms with van der Waals surface area (Å²) in [7, 11) is 0. The van der Waals surface area contributed by atoms with Crippen LogP contribution in [0.15, 0.2) is 59.6 Å². The molecule has 4 aromatic rings. The molecule has 1 amide bonds. The van der Waals surface area contributed by atoms with Crippen LogP contribution in [-0.4, -0.2) is 72.3 Å². The molecule has 1 aliphatic rings. The van der Waals surface area contributed by atoms with Gasteiger partial charge in [-0.05, 0) is 83.1 Å². The number of amides is 1. The summed E-state index contributed by atoms with van der Waals surface area (Å²) in [5.41, 5.74) is 1.84. The summed E-state index contributed by atoms with van der Waals surface area (Å²) in [4.78, 5) is 18.7. The fourth-order valence-corrected chi connectivity index (χ4v) is 4.75. The van der Waals surface area contributed by atoms with E-state index in [1.54, 1.807) is 23.3 Å². The monoisotopic (exact) mass is 625 g/mol. The average molecular weight is 626 g/mol. The van der Waals surface area contributed by atoms with Gasteiger partial charge in [0.2, 0.25) is 0 Å². The highest BCUT2D eigenvalue weighted by Crippen LogP contribution is 2.25. The number of imidazole rings is 1. The van der Waals surface area contributed by atoms with E-state index in [9.17, 15) is 4.79 Å². The molecule has 4 heterocycles. The van der Waals surface area contributed by atoms with Gasteiger partial charge >= 0.3 is 6.09 Å². The second-order valence-corrected chi connectivity index (χ2v) is 11.9. The van der Waals surface area contributed by atoms with Gasteiger partial charge in [0.25, 0.3) is 0 Å². The third-order valence-corrected chi connectivity index (χ3v) is 7.02. The Morgan fingerprint density at radius 3 is 2.74 bits per heavy atom. The van der Waals surface area contributed by atoms with E-state index in [0.29, 0.717) is 25.4 Å². The van der Waals surface area contributed by atoms with Gasteiger partial charge in [0.1, 0.15) is 23.2 Å². The molecular weight excluding hydrogens is 586 g/mol. The van der Waals surface area contributed by atoms with Gasteiger partial charge in [-0.25, -0.2) is 9.78 Å². The molecule has 240 valence electrons. The molecule has 46 heavy (non-hydrogen) atoms. The summed E-state index contributed by atoms with van der Waals surface area (Å²) >= 11 is 0. The smallest absolute Gasteiger partial charge is 0.411 e. The van der Waals surface area contributed by atoms with Crippen molar-refractivity contribution in [3.05, 3.63) is 72.2 Å². The maximum Gasteiger partial charge on any atom is 0.411 e. The predicted octanol–water partition coefficient (Wildman–Crippen LogP) is 5.07. The topological polar surface area (TPSA) is 123 Å². The number of carbonyl (C=O) groups excluding carboxylic acids is 1. The van der Waals surface area contributed by atoms with Crippen molar-refractivity contribution in [2.45, 2.75) is 78.0 Å². The molecule has 5 rings (SSSR count). The van der Waals surface area contributed by atoms with Gasteiger partial charge in [-0.3, -0.25) is 9.58 Å². The largest absolute Gasteiger partial charge is 0.444 e. The van der Waals surface area contributed by atoms with Gasteiger partial charge in [0, 0.05) is 48.9 Å². The number of nitrogens with zero attached hydrogens (tertiary/aromatic N) is 7. The first-order valence-electron chi connectivity index (χ1n) is 15.4. The summed E-state index contributed by atoms with van der Waals surface area (Å²) in [6.45, 7) is 9.73. The fraction of sp³-hybridized carbons (Fsp3) is 0.441. The number of ether oxygens (including phenoxy) is 3. The highest BCUT2D eigenvalue weighted by Gasteiger charge is 2.23. The lowest BCUT2D eigenvalue weighted by molar-refractivity contribution is -0.188. The summed E-state index contributed by atoms with van der Waals surface area (Å²) in [5.74, 6) is 13.2. The van der Waals surface area contributed by atoms with Crippen molar-refractivity contribution >= 4 is 6.09 Å². The Labute approximate surface area is 269 Å². The van der Waals surface area contributed by atoms with Crippen molar-refractivity contribution < 1.29 is 23.5 Å². The normalized spacial score (nSPS) is 15.3. The molecule has 2 atom stereocenters. The highest BCUT2D eigenvalue weighted by molar-refractivity contribution is 5.68. The molecule has 0 radical (unpaired) electrons. The molecule has 0 N–H and O–H groups in total. The Morgan fingerprint density at radius 2 is 2.00 bits per heavy atom. The van der Waals surface area contributed by atoms with Crippen LogP contribution in [0, 0.1) is 23.7 Å². The Morgan fingerprint density at radius 1 is 1.15 bits per heavy atom. The van der Waals surface area contributed by atoms with E-state index in [1.807, 2.05) is 68.8 Å². The molecule has 1 aromatic carbocycles. The van der Waals surface area contributed by atoms with Crippen LogP contribution in [0.4, 0.5) is 4.79 Å². The number of aromatic nitrogens is 6. The van der Waals surface area contributed by atoms with Gasteiger partial charge in [0.05, 0.1) is 25.8 Å². The lowest BCUT2D eigenvalue weighted by atomic mass is 10.1. The van der Waals surface area contributed by atoms with Gasteiger partial charge in [-0.1, -0.05) is 22.2 Å². The number of rotatable bonds is 10. The minimum atomic E-state index is -0.614. The van der Waals surface area contributed by atoms with E-state index in [4.69, 9.17) is 18.7 Å². The van der Waals surface area contributed by atoms with Crippen molar-refractivity contribution in [2.24, 2.45) is 0 Å². The van der Waals surface area contributed by atoms with Gasteiger partial charge in [-0.2, -0.15) is 0 Å². The van der Waals surface area contributed by atoms with Crippen LogP contribution >= 0.6 is 0 Å². The summed E-state index contributed by atoms with van der Waals surface area (Å²) < 4.78 is 26.7. The van der Waals surface area contributed by atoms with E-state index >= 15 is 0 Å². The fourth-order valence-electron chi connectivity index (χ4n) is 4.75. The van der Waals surface area contributed by atoms with E-state index in [0.717, 1.165) is 48.5 Å². The minimum Gasteiger partial charge on any atom is -0.444 e. The molecule has 3 aromatic heterocycles. The predicted molar refractivity (Wildman–Crippen MR) is 169 cm³/mol. The lowest BCUT2D eigenvalue weighted by Gasteiger charge is -2.26. The second kappa shape index (κ2) is 15.4. The molecule has 0 saturated carbocycles. The van der Waals surface area contributed by atoms with E-state index in [-0.39, 0.29) is 18.9 Å². The van der Waals surface area contributed by atoms with Crippen molar-refractivity contribution in [3.8, 4) is 35.0 Å². The molecule has 0 unspecified atom stereocenters. The average Bonchev–Trinajstić information content (AvgIpc) is 3.82. The molecule has 1 fully saturated rings. The first kappa shape index (κ1) is 32.5. The quantitative estimate of drug-likeness (QED) is 0.222. The molecule has 0 bridgehead atoms. The van der Waals surface area contributed by atoms with Crippen LogP contribution < -0.4 is 0 Å². The number of carbonyl (C=O) groups is 1. The Balaban J connectivity index is 1.15. The molecule has 0 spiro atoms. The Bertz CT molecular complexity index is 1680. The Kier molecular flexibility index (Phi) is 10.9. The summed E-state index contributed by atoms with van der Waals surface area (Å²) in [6.07, 6.45) is 9.24. The van der Waals surface area contributed by atoms with Crippen LogP contribution in [0.2, 0.25) is 0 Å². The van der Waals surface area contributed by atoms with Crippen molar-refractivity contribution in [2.75, 3.05) is 19.7 Å². The molecule has 1 aliphatic heterocycles. The van der Waals surface area contributed by atoms with Crippen LogP contribution in [0.1, 0.15) is 70.1 Å². The molecule has 12 heteroatoms. The number of benzene rings is 1. The highest BCUT2D eigenvalue weighted by atomic mass is 16.7. The standard InChI is InChI=1S/C34H39N7O5/c1-26(44-31-11-7-9-23-43-31)32-35-16-19-40(32)25-29-24-30(46-37-29)28-14-12-27(13-15-28)10-6-5-8-18-39(33(42)45-34(2,3)4)21-22-41-20-17-36-38-41/h12-17,19-20,24,26,31H,7,9,11,18,21-23,25H2,1-4H3/t26-,31-/m0/s1. The van der Waals surface area contributed by atoms with Gasteiger partial charge in [0.15, 0.2) is 12.1 Å². The summed E-state index contributed by atoms with van der Waals surface area (Å²) in [5, 5.41) is 12.0. The van der Waals surface area contributed by atoms with Crippen LogP contribution in [0.3, 0.4) is 0 Å². The van der Waals surface area contributed by atoms with Crippen molar-refractivity contribution in [1.82, 2.24) is 34.6 Å². The Hall–Kier alpha value is -4.91. The molecule has 0 aliphatic carbocycles. The number of hydrogen-bond acceptors (Lipinski definition) is 9. The zero-order valence-corrected chi connectivity index (χ0v) is 26.7. The van der Waals surface area contributed by atoms with E-state index < -0.39 is 11.7 Å². The first-order valence-corrected chi connectivity index (χ1v) is 15.4. The molecular formula is C34H39N7O5. The summed E-state index contributed by atoms with van der Waals surface area (Å²) in [6, 6.07) is 9.58. The SMILES string of the molecule is C[C@H](O[C@H]1CCCCO1)c1nccn1Cc1cc(-c2ccc(C#CC#CCN(CCn3ccnn3)C(=O)OC(C)(C)C)cc2)on1. The van der Waals surface area contributed by atoms with Gasteiger partial charge in [-0.15, -0.1) is 5.10 Å². The zero-order chi connectivity index (χ0) is 32.4. The third-order valence-electron chi connectivity index (χ3n) is 7.02. The first-order chi connectivity index (χ1) is 22.2. The maximum absolute atomic E-state index is 12.7. The van der Waals surface area contributed by atoms with Crippen LogP contribution in [0.5, 0.6) is 0 Å². The molecule has 12 nitrogen and oxygen atoms in total. The number of hydrogen-bond donors (Lipinski definition) is 0.